The number of methoxy groups -OCH3 is 1. The summed E-state index contributed by atoms with van der Waals surface area (Å²) >= 11 is 0. The number of nitrogens with zero attached hydrogens (tertiary/aromatic N) is 2. The Bertz CT molecular complexity index is 226. The van der Waals surface area contributed by atoms with E-state index in [4.69, 9.17) is 4.74 Å². The smallest absolute Gasteiger partial charge is 0.236 e. The topological polar surface area (TPSA) is 44.8 Å². The van der Waals surface area contributed by atoms with Crippen LogP contribution in [0.3, 0.4) is 0 Å². The van der Waals surface area contributed by atoms with E-state index in [1.54, 1.807) is 7.11 Å². The number of nitrogens with one attached hydrogen (secondary N) is 1. The minimum absolute atomic E-state index is 0.241. The van der Waals surface area contributed by atoms with Crippen LogP contribution in [0.1, 0.15) is 12.8 Å². The minimum atomic E-state index is 0.241. The first kappa shape index (κ1) is 14.4. The van der Waals surface area contributed by atoms with Crippen LogP contribution in [0.5, 0.6) is 0 Å². The molecule has 0 unspecified atom stereocenters. The molecule has 0 saturated carbocycles. The molecule has 0 bridgehead atoms. The molecule has 0 aliphatic carbocycles. The van der Waals surface area contributed by atoms with Crippen LogP contribution in [0.25, 0.3) is 0 Å². The first-order chi connectivity index (χ1) is 8.13. The molecule has 1 saturated heterocycles. The summed E-state index contributed by atoms with van der Waals surface area (Å²) in [6.45, 7) is 3.91. The maximum atomic E-state index is 11.8. The van der Waals surface area contributed by atoms with Crippen molar-refractivity contribution in [3.8, 4) is 0 Å². The van der Waals surface area contributed by atoms with Crippen molar-refractivity contribution >= 4 is 5.91 Å². The van der Waals surface area contributed by atoms with Gasteiger partial charge in [-0.25, -0.2) is 0 Å². The summed E-state index contributed by atoms with van der Waals surface area (Å²) in [4.78, 5) is 15.7. The molecule has 1 rings (SSSR count). The van der Waals surface area contributed by atoms with Gasteiger partial charge < -0.3 is 19.9 Å². The number of carbonyl (C=O) groups excluding carboxylic acids is 1. The van der Waals surface area contributed by atoms with E-state index in [1.807, 2.05) is 23.9 Å². The Balaban J connectivity index is 2.18. The van der Waals surface area contributed by atoms with Crippen LogP contribution in [0.15, 0.2) is 0 Å². The van der Waals surface area contributed by atoms with E-state index in [-0.39, 0.29) is 5.91 Å². The van der Waals surface area contributed by atoms with E-state index in [9.17, 15) is 4.79 Å². The average Bonchev–Trinajstić information content (AvgIpc) is 2.29. The summed E-state index contributed by atoms with van der Waals surface area (Å²) in [6, 6.07) is 0.536. The van der Waals surface area contributed by atoms with Crippen LogP contribution in [0.4, 0.5) is 0 Å². The fourth-order valence-electron chi connectivity index (χ4n) is 2.07. The summed E-state index contributed by atoms with van der Waals surface area (Å²) in [7, 11) is 5.57. The number of ether oxygens (including phenoxy) is 1. The summed E-state index contributed by atoms with van der Waals surface area (Å²) in [5.74, 6) is 0.241. The molecule has 0 aromatic heterocycles. The van der Waals surface area contributed by atoms with Crippen LogP contribution in [0.2, 0.25) is 0 Å². The standard InChI is InChI=1S/C12H25N3O2/c1-14(2)10-12(16)15-7-4-11(5-8-15)13-6-9-17-3/h11,13H,4-10H2,1-3H3. The van der Waals surface area contributed by atoms with E-state index < -0.39 is 0 Å². The Morgan fingerprint density at radius 1 is 1.41 bits per heavy atom. The van der Waals surface area contributed by atoms with Gasteiger partial charge in [0.1, 0.15) is 0 Å². The van der Waals surface area contributed by atoms with Gasteiger partial charge in [-0.2, -0.15) is 0 Å². The third-order valence-electron chi connectivity index (χ3n) is 3.04. The summed E-state index contributed by atoms with van der Waals surface area (Å²) in [5.41, 5.74) is 0. The van der Waals surface area contributed by atoms with Gasteiger partial charge in [-0.1, -0.05) is 0 Å². The van der Waals surface area contributed by atoms with Crippen molar-refractivity contribution in [3.05, 3.63) is 0 Å². The molecule has 0 radical (unpaired) electrons. The second kappa shape index (κ2) is 7.63. The zero-order valence-corrected chi connectivity index (χ0v) is 11.2. The maximum Gasteiger partial charge on any atom is 0.236 e. The number of carbonyl (C=O) groups is 1. The number of hydrogen-bond acceptors (Lipinski definition) is 4. The molecule has 0 spiro atoms. The van der Waals surface area contributed by atoms with E-state index >= 15 is 0 Å². The second-order valence-electron chi connectivity index (χ2n) is 4.84. The normalized spacial score (nSPS) is 17.8. The number of amides is 1. The van der Waals surface area contributed by atoms with Gasteiger partial charge in [0.15, 0.2) is 0 Å². The van der Waals surface area contributed by atoms with Crippen LogP contribution in [-0.4, -0.2) is 75.7 Å². The number of piperidine rings is 1. The Hall–Kier alpha value is -0.650. The molecule has 0 aromatic carbocycles. The van der Waals surface area contributed by atoms with Crippen molar-refractivity contribution in [2.24, 2.45) is 0 Å². The molecule has 17 heavy (non-hydrogen) atoms. The molecule has 5 nitrogen and oxygen atoms in total. The van der Waals surface area contributed by atoms with Crippen molar-refractivity contribution in [3.63, 3.8) is 0 Å². The van der Waals surface area contributed by atoms with Crippen LogP contribution in [-0.2, 0) is 9.53 Å². The zero-order valence-electron chi connectivity index (χ0n) is 11.2. The maximum absolute atomic E-state index is 11.8. The monoisotopic (exact) mass is 243 g/mol. The molecular formula is C12H25N3O2. The van der Waals surface area contributed by atoms with Crippen molar-refractivity contribution < 1.29 is 9.53 Å². The molecule has 1 N–H and O–H groups in total. The van der Waals surface area contributed by atoms with Crippen LogP contribution in [0, 0.1) is 0 Å². The quantitative estimate of drug-likeness (QED) is 0.655. The van der Waals surface area contributed by atoms with E-state index in [1.165, 1.54) is 0 Å². The summed E-state index contributed by atoms with van der Waals surface area (Å²) in [6.07, 6.45) is 2.09. The summed E-state index contributed by atoms with van der Waals surface area (Å²) in [5, 5.41) is 3.45. The lowest BCUT2D eigenvalue weighted by molar-refractivity contribution is -0.132. The Morgan fingerprint density at radius 2 is 2.06 bits per heavy atom. The molecule has 0 atom stereocenters. The third-order valence-corrected chi connectivity index (χ3v) is 3.04. The van der Waals surface area contributed by atoms with Gasteiger partial charge in [0.2, 0.25) is 5.91 Å². The van der Waals surface area contributed by atoms with Crippen molar-refractivity contribution in [2.75, 3.05) is 54.0 Å². The first-order valence-electron chi connectivity index (χ1n) is 6.28. The Morgan fingerprint density at radius 3 is 2.59 bits per heavy atom. The predicted molar refractivity (Wildman–Crippen MR) is 68.0 cm³/mol. The Kier molecular flexibility index (Phi) is 6.47. The van der Waals surface area contributed by atoms with Crippen molar-refractivity contribution in [2.45, 2.75) is 18.9 Å². The highest BCUT2D eigenvalue weighted by Crippen LogP contribution is 2.10. The highest BCUT2D eigenvalue weighted by molar-refractivity contribution is 5.78. The highest BCUT2D eigenvalue weighted by atomic mass is 16.5. The molecule has 1 aliphatic rings. The number of likely N-dealkylation sites (N-methyl/N-ethyl adjacent to an activating group) is 1. The van der Waals surface area contributed by atoms with Crippen LogP contribution < -0.4 is 5.32 Å². The van der Waals surface area contributed by atoms with Gasteiger partial charge in [-0.3, -0.25) is 4.79 Å². The molecule has 1 aliphatic heterocycles. The molecule has 0 aromatic rings. The molecule has 1 fully saturated rings. The molecular weight excluding hydrogens is 218 g/mol. The lowest BCUT2D eigenvalue weighted by Gasteiger charge is -2.33. The fraction of sp³-hybridized carbons (Fsp3) is 0.917. The molecule has 5 heteroatoms. The van der Waals surface area contributed by atoms with Gasteiger partial charge in [-0.15, -0.1) is 0 Å². The lowest BCUT2D eigenvalue weighted by Crippen LogP contribution is -2.47. The Labute approximate surface area is 104 Å². The average molecular weight is 243 g/mol. The largest absolute Gasteiger partial charge is 0.383 e. The highest BCUT2D eigenvalue weighted by Gasteiger charge is 2.22. The molecule has 100 valence electrons. The number of rotatable bonds is 6. The van der Waals surface area contributed by atoms with Gasteiger partial charge >= 0.3 is 0 Å². The minimum Gasteiger partial charge on any atom is -0.383 e. The lowest BCUT2D eigenvalue weighted by atomic mass is 10.1. The summed E-state index contributed by atoms with van der Waals surface area (Å²) < 4.78 is 5.00. The van der Waals surface area contributed by atoms with E-state index in [0.717, 1.165) is 39.1 Å². The first-order valence-corrected chi connectivity index (χ1v) is 6.28. The van der Waals surface area contributed by atoms with Crippen molar-refractivity contribution in [1.29, 1.82) is 0 Å². The molecule has 1 heterocycles. The number of likely N-dealkylation sites (tertiary alicyclic amines) is 1. The van der Waals surface area contributed by atoms with E-state index in [2.05, 4.69) is 5.32 Å². The molecule has 1 amide bonds. The third kappa shape index (κ3) is 5.48. The van der Waals surface area contributed by atoms with Gasteiger partial charge in [0, 0.05) is 32.8 Å². The zero-order chi connectivity index (χ0) is 12.7. The second-order valence-corrected chi connectivity index (χ2v) is 4.84. The SMILES string of the molecule is COCCNC1CCN(C(=O)CN(C)C)CC1. The van der Waals surface area contributed by atoms with Crippen molar-refractivity contribution in [1.82, 2.24) is 15.1 Å². The fourth-order valence-corrected chi connectivity index (χ4v) is 2.07. The van der Waals surface area contributed by atoms with Crippen LogP contribution >= 0.6 is 0 Å². The van der Waals surface area contributed by atoms with Gasteiger partial charge in [0.25, 0.3) is 0 Å². The van der Waals surface area contributed by atoms with E-state index in [0.29, 0.717) is 12.6 Å². The van der Waals surface area contributed by atoms with Gasteiger partial charge in [-0.05, 0) is 26.9 Å². The van der Waals surface area contributed by atoms with Gasteiger partial charge in [0.05, 0.1) is 13.2 Å². The number of hydrogen-bond donors (Lipinski definition) is 1. The predicted octanol–water partition coefficient (Wildman–Crippen LogP) is -0.225.